The van der Waals surface area contributed by atoms with E-state index in [1.807, 2.05) is 6.92 Å². The molecular weight excluding hydrogens is 490 g/mol. The van der Waals surface area contributed by atoms with Gasteiger partial charge in [0.1, 0.15) is 6.04 Å². The van der Waals surface area contributed by atoms with Crippen LogP contribution in [0.3, 0.4) is 0 Å². The van der Waals surface area contributed by atoms with Crippen molar-refractivity contribution in [1.29, 1.82) is 0 Å². The highest BCUT2D eigenvalue weighted by atomic mass is 35.5. The number of ether oxygens (including phenoxy) is 1. The van der Waals surface area contributed by atoms with Crippen LogP contribution in [0.5, 0.6) is 0 Å². The van der Waals surface area contributed by atoms with E-state index < -0.39 is 16.1 Å². The number of nitrogens with zero attached hydrogens (tertiary/aromatic N) is 1. The van der Waals surface area contributed by atoms with Crippen LogP contribution in [0.1, 0.15) is 48.5 Å². The topological polar surface area (TPSA) is 105 Å². The highest BCUT2D eigenvalue weighted by Gasteiger charge is 2.36. The van der Waals surface area contributed by atoms with Gasteiger partial charge in [0.25, 0.3) is 5.91 Å². The number of sulfonamides is 1. The summed E-state index contributed by atoms with van der Waals surface area (Å²) < 4.78 is 33.6. The molecule has 2 amide bonds. The zero-order valence-electron chi connectivity index (χ0n) is 20.0. The van der Waals surface area contributed by atoms with Crippen LogP contribution >= 0.6 is 11.6 Å². The van der Waals surface area contributed by atoms with Crippen LogP contribution in [0, 0.1) is 0 Å². The van der Waals surface area contributed by atoms with Crippen molar-refractivity contribution in [3.63, 3.8) is 0 Å². The van der Waals surface area contributed by atoms with Gasteiger partial charge in [-0.15, -0.1) is 0 Å². The van der Waals surface area contributed by atoms with Crippen molar-refractivity contribution in [2.45, 2.75) is 56.1 Å². The fourth-order valence-electron chi connectivity index (χ4n) is 3.98. The smallest absolute Gasteiger partial charge is 0.251 e. The number of hydrogen-bond acceptors (Lipinski definition) is 5. The van der Waals surface area contributed by atoms with E-state index in [9.17, 15) is 18.0 Å². The van der Waals surface area contributed by atoms with Crippen LogP contribution < -0.4 is 10.6 Å². The highest BCUT2D eigenvalue weighted by Crippen LogP contribution is 2.26. The maximum Gasteiger partial charge on any atom is 0.251 e. The third-order valence-corrected chi connectivity index (χ3v) is 8.15. The molecule has 0 spiro atoms. The van der Waals surface area contributed by atoms with Gasteiger partial charge in [-0.05, 0) is 67.6 Å². The number of benzene rings is 2. The number of carbonyl (C=O) groups is 2. The van der Waals surface area contributed by atoms with Crippen LogP contribution in [0.15, 0.2) is 53.4 Å². The fraction of sp³-hybridized carbons (Fsp3) is 0.440. The molecule has 35 heavy (non-hydrogen) atoms. The molecule has 2 aromatic rings. The van der Waals surface area contributed by atoms with Crippen LogP contribution in [0.2, 0.25) is 5.02 Å². The molecule has 3 rings (SSSR count). The number of amides is 2. The van der Waals surface area contributed by atoms with Gasteiger partial charge < -0.3 is 15.4 Å². The van der Waals surface area contributed by atoms with E-state index in [2.05, 4.69) is 10.6 Å². The molecule has 0 saturated carbocycles. The number of carbonyl (C=O) groups excluding carboxylic acids is 2. The Morgan fingerprint density at radius 2 is 1.86 bits per heavy atom. The molecule has 0 bridgehead atoms. The van der Waals surface area contributed by atoms with Crippen molar-refractivity contribution < 1.29 is 22.7 Å². The number of halogens is 1. The molecule has 2 atom stereocenters. The van der Waals surface area contributed by atoms with E-state index >= 15 is 0 Å². The molecular formula is C25H32ClN3O5S. The second-order valence-electron chi connectivity index (χ2n) is 8.54. The van der Waals surface area contributed by atoms with Crippen LogP contribution in [0.4, 0.5) is 0 Å². The molecule has 1 fully saturated rings. The number of methoxy groups -OCH3 is 1. The van der Waals surface area contributed by atoms with Crippen molar-refractivity contribution >= 4 is 33.4 Å². The Hall–Kier alpha value is -2.46. The summed E-state index contributed by atoms with van der Waals surface area (Å²) in [4.78, 5) is 25.5. The first-order valence-corrected chi connectivity index (χ1v) is 13.5. The van der Waals surface area contributed by atoms with Crippen molar-refractivity contribution in [3.05, 3.63) is 64.7 Å². The second-order valence-corrected chi connectivity index (χ2v) is 10.9. The molecule has 1 aliphatic rings. The molecule has 0 aliphatic carbocycles. The first-order chi connectivity index (χ1) is 16.8. The first-order valence-electron chi connectivity index (χ1n) is 11.7. The number of hydrogen-bond donors (Lipinski definition) is 2. The largest absolute Gasteiger partial charge is 0.383 e. The Balaban J connectivity index is 1.87. The van der Waals surface area contributed by atoms with Gasteiger partial charge in [-0.2, -0.15) is 4.31 Å². The molecule has 2 N–H and O–H groups in total. The zero-order valence-corrected chi connectivity index (χ0v) is 21.6. The third kappa shape index (κ3) is 7.04. The zero-order chi connectivity index (χ0) is 25.4. The molecule has 0 aromatic heterocycles. The average Bonchev–Trinajstić information content (AvgIpc) is 3.06. The minimum absolute atomic E-state index is 0.00773. The Bertz CT molecular complexity index is 1110. The van der Waals surface area contributed by atoms with E-state index in [0.717, 1.165) is 19.3 Å². The summed E-state index contributed by atoms with van der Waals surface area (Å²) in [6.45, 7) is 2.90. The minimum Gasteiger partial charge on any atom is -0.383 e. The molecule has 1 aliphatic heterocycles. The van der Waals surface area contributed by atoms with Gasteiger partial charge in [-0.25, -0.2) is 8.42 Å². The summed E-state index contributed by atoms with van der Waals surface area (Å²) >= 11 is 5.95. The molecule has 1 saturated heterocycles. The lowest BCUT2D eigenvalue weighted by atomic mass is 10.1. The Kier molecular flexibility index (Phi) is 9.68. The molecule has 1 heterocycles. The van der Waals surface area contributed by atoms with Gasteiger partial charge in [0.05, 0.1) is 17.5 Å². The monoisotopic (exact) mass is 521 g/mol. The summed E-state index contributed by atoms with van der Waals surface area (Å²) in [5.74, 6) is -0.533. The molecule has 190 valence electrons. The van der Waals surface area contributed by atoms with E-state index in [1.165, 1.54) is 28.6 Å². The predicted molar refractivity (Wildman–Crippen MR) is 135 cm³/mol. The van der Waals surface area contributed by atoms with Crippen molar-refractivity contribution in [2.75, 3.05) is 20.3 Å². The van der Waals surface area contributed by atoms with E-state index in [0.29, 0.717) is 35.7 Å². The van der Waals surface area contributed by atoms with Gasteiger partial charge in [0.2, 0.25) is 15.9 Å². The Labute approximate surface area is 212 Å². The summed E-state index contributed by atoms with van der Waals surface area (Å²) in [5, 5.41) is 6.17. The molecule has 2 aromatic carbocycles. The summed E-state index contributed by atoms with van der Waals surface area (Å²) in [7, 11) is -2.41. The second kappa shape index (κ2) is 12.5. The standard InChI is InChI=1S/C25H32ClN3O5S/c1-3-21(17-34-2)28-24(30)19-9-7-18(8-10-19)16-29(23-6-4-5-15-27-25(23)31)35(32,33)22-13-11-20(26)12-14-22/h7-14,21,23H,3-6,15-17H2,1-2H3,(H,27,31)(H,28,30)/t21?,23-/m1/s1. The van der Waals surface area contributed by atoms with E-state index in [-0.39, 0.29) is 29.3 Å². The highest BCUT2D eigenvalue weighted by molar-refractivity contribution is 7.89. The van der Waals surface area contributed by atoms with Crippen LogP contribution in [-0.2, 0) is 26.1 Å². The maximum absolute atomic E-state index is 13.6. The lowest BCUT2D eigenvalue weighted by Crippen LogP contribution is -2.48. The van der Waals surface area contributed by atoms with Gasteiger partial charge in [0, 0.05) is 30.8 Å². The van der Waals surface area contributed by atoms with Crippen LogP contribution in [0.25, 0.3) is 0 Å². The first kappa shape index (κ1) is 27.1. The maximum atomic E-state index is 13.6. The number of rotatable bonds is 10. The molecule has 10 heteroatoms. The summed E-state index contributed by atoms with van der Waals surface area (Å²) in [6, 6.07) is 11.7. The Morgan fingerprint density at radius 3 is 2.49 bits per heavy atom. The lowest BCUT2D eigenvalue weighted by Gasteiger charge is -2.29. The fourth-order valence-corrected chi connectivity index (χ4v) is 5.71. The predicted octanol–water partition coefficient (Wildman–Crippen LogP) is 3.35. The van der Waals surface area contributed by atoms with Crippen molar-refractivity contribution in [3.8, 4) is 0 Å². The third-order valence-electron chi connectivity index (χ3n) is 6.02. The average molecular weight is 522 g/mol. The summed E-state index contributed by atoms with van der Waals surface area (Å²) in [5.41, 5.74) is 1.13. The van der Waals surface area contributed by atoms with Crippen molar-refractivity contribution in [2.24, 2.45) is 0 Å². The summed E-state index contributed by atoms with van der Waals surface area (Å²) in [6.07, 6.45) is 2.69. The lowest BCUT2D eigenvalue weighted by molar-refractivity contribution is -0.124. The normalized spacial score (nSPS) is 17.5. The molecule has 8 nitrogen and oxygen atoms in total. The molecule has 1 unspecified atom stereocenters. The van der Waals surface area contributed by atoms with Gasteiger partial charge in [-0.3, -0.25) is 9.59 Å². The van der Waals surface area contributed by atoms with E-state index in [4.69, 9.17) is 16.3 Å². The Morgan fingerprint density at radius 1 is 1.17 bits per heavy atom. The quantitative estimate of drug-likeness (QED) is 0.499. The van der Waals surface area contributed by atoms with Gasteiger partial charge >= 0.3 is 0 Å². The van der Waals surface area contributed by atoms with Gasteiger partial charge in [0.15, 0.2) is 0 Å². The SMILES string of the molecule is CCC(COC)NC(=O)c1ccc(CN([C@@H]2CCCCNC2=O)S(=O)(=O)c2ccc(Cl)cc2)cc1. The van der Waals surface area contributed by atoms with Crippen molar-refractivity contribution in [1.82, 2.24) is 14.9 Å². The van der Waals surface area contributed by atoms with Crippen LogP contribution in [-0.4, -0.2) is 56.9 Å². The minimum atomic E-state index is -4.00. The van der Waals surface area contributed by atoms with E-state index in [1.54, 1.807) is 31.4 Å². The molecule has 0 radical (unpaired) electrons. The van der Waals surface area contributed by atoms with Gasteiger partial charge in [-0.1, -0.05) is 30.7 Å². The number of nitrogens with one attached hydrogen (secondary N) is 2.